The summed E-state index contributed by atoms with van der Waals surface area (Å²) in [7, 11) is 1.83. The molecule has 0 spiro atoms. The van der Waals surface area contributed by atoms with Gasteiger partial charge in [0.15, 0.2) is 0 Å². The molecule has 1 atom stereocenters. The first kappa shape index (κ1) is 20.8. The highest BCUT2D eigenvalue weighted by Gasteiger charge is 2.20. The van der Waals surface area contributed by atoms with Crippen LogP contribution in [-0.4, -0.2) is 19.5 Å². The van der Waals surface area contributed by atoms with Crippen molar-refractivity contribution in [3.05, 3.63) is 69.7 Å². The lowest BCUT2D eigenvalue weighted by atomic mass is 9.98. The van der Waals surface area contributed by atoms with E-state index in [0.717, 1.165) is 11.1 Å². The van der Waals surface area contributed by atoms with Gasteiger partial charge in [-0.15, -0.1) is 12.4 Å². The molecule has 2 N–H and O–H groups in total. The smallest absolute Gasteiger partial charge is 0.224 e. The molecule has 1 amide bonds. The van der Waals surface area contributed by atoms with E-state index >= 15 is 0 Å². The molecular formula is C18H21Cl3N2O. The Labute approximate surface area is 159 Å². The molecule has 0 aliphatic rings. The summed E-state index contributed by atoms with van der Waals surface area (Å²) >= 11 is 11.9. The lowest BCUT2D eigenvalue weighted by Gasteiger charge is -2.22. The van der Waals surface area contributed by atoms with Gasteiger partial charge in [-0.1, -0.05) is 54.4 Å². The van der Waals surface area contributed by atoms with Crippen LogP contribution in [0.15, 0.2) is 48.5 Å². The number of hydrogen-bond acceptors (Lipinski definition) is 2. The van der Waals surface area contributed by atoms with Gasteiger partial charge in [0.2, 0.25) is 5.91 Å². The van der Waals surface area contributed by atoms with Crippen molar-refractivity contribution in [1.82, 2.24) is 10.6 Å². The van der Waals surface area contributed by atoms with E-state index in [4.69, 9.17) is 23.2 Å². The van der Waals surface area contributed by atoms with Crippen molar-refractivity contribution >= 4 is 41.5 Å². The van der Waals surface area contributed by atoms with Crippen LogP contribution < -0.4 is 10.6 Å². The van der Waals surface area contributed by atoms with Crippen molar-refractivity contribution in [2.24, 2.45) is 5.92 Å². The third kappa shape index (κ3) is 5.67. The highest BCUT2D eigenvalue weighted by molar-refractivity contribution is 6.30. The van der Waals surface area contributed by atoms with Crippen molar-refractivity contribution in [1.29, 1.82) is 0 Å². The molecule has 0 bridgehead atoms. The van der Waals surface area contributed by atoms with Crippen molar-refractivity contribution in [2.45, 2.75) is 13.0 Å². The SMILES string of the molecule is CNCC(C)C(=O)NC(c1ccc(Cl)cc1)c1ccc(Cl)cc1.Cl. The molecule has 0 aliphatic carbocycles. The van der Waals surface area contributed by atoms with E-state index in [1.807, 2.05) is 62.5 Å². The fraction of sp³-hybridized carbons (Fsp3) is 0.278. The van der Waals surface area contributed by atoms with Gasteiger partial charge in [0.25, 0.3) is 0 Å². The minimum atomic E-state index is -0.240. The lowest BCUT2D eigenvalue weighted by molar-refractivity contribution is -0.124. The summed E-state index contributed by atoms with van der Waals surface area (Å²) in [6, 6.07) is 14.7. The summed E-state index contributed by atoms with van der Waals surface area (Å²) in [4.78, 5) is 12.4. The van der Waals surface area contributed by atoms with Crippen LogP contribution in [-0.2, 0) is 4.79 Å². The largest absolute Gasteiger partial charge is 0.345 e. The van der Waals surface area contributed by atoms with Crippen LogP contribution in [0.5, 0.6) is 0 Å². The van der Waals surface area contributed by atoms with Crippen molar-refractivity contribution in [3.8, 4) is 0 Å². The predicted molar refractivity (Wildman–Crippen MR) is 103 cm³/mol. The molecule has 0 aromatic heterocycles. The second kappa shape index (κ2) is 9.90. The van der Waals surface area contributed by atoms with Crippen LogP contribution in [0.25, 0.3) is 0 Å². The van der Waals surface area contributed by atoms with Crippen LogP contribution in [0.4, 0.5) is 0 Å². The van der Waals surface area contributed by atoms with Gasteiger partial charge < -0.3 is 10.6 Å². The van der Waals surface area contributed by atoms with Crippen molar-refractivity contribution < 1.29 is 4.79 Å². The zero-order valence-corrected chi connectivity index (χ0v) is 15.9. The van der Waals surface area contributed by atoms with E-state index in [1.54, 1.807) is 0 Å². The lowest BCUT2D eigenvalue weighted by Crippen LogP contribution is -2.37. The molecule has 0 saturated heterocycles. The van der Waals surface area contributed by atoms with Crippen LogP contribution in [0.1, 0.15) is 24.1 Å². The van der Waals surface area contributed by atoms with Gasteiger partial charge in [0.05, 0.1) is 6.04 Å². The number of amides is 1. The Bertz CT molecular complexity index is 599. The molecule has 24 heavy (non-hydrogen) atoms. The highest BCUT2D eigenvalue weighted by atomic mass is 35.5. The maximum atomic E-state index is 12.4. The Kier molecular flexibility index (Phi) is 8.57. The Morgan fingerprint density at radius 1 is 0.958 bits per heavy atom. The predicted octanol–water partition coefficient (Wildman–Crippen LogP) is 4.48. The second-order valence-corrected chi connectivity index (χ2v) is 6.38. The van der Waals surface area contributed by atoms with Crippen molar-refractivity contribution in [2.75, 3.05) is 13.6 Å². The first-order valence-corrected chi connectivity index (χ1v) is 8.22. The molecule has 0 heterocycles. The minimum absolute atomic E-state index is 0. The number of carbonyl (C=O) groups is 1. The molecule has 1 unspecified atom stereocenters. The standard InChI is InChI=1S/C18H20Cl2N2O.ClH/c1-12(11-21-2)18(23)22-17(13-3-7-15(19)8-4-13)14-5-9-16(20)10-6-14;/h3-10,12,17,21H,11H2,1-2H3,(H,22,23);1H. The van der Waals surface area contributed by atoms with E-state index in [-0.39, 0.29) is 30.3 Å². The average molecular weight is 388 g/mol. The van der Waals surface area contributed by atoms with E-state index < -0.39 is 0 Å². The van der Waals surface area contributed by atoms with Gasteiger partial charge in [0, 0.05) is 22.5 Å². The van der Waals surface area contributed by atoms with Gasteiger partial charge in [-0.05, 0) is 42.4 Å². The fourth-order valence-electron chi connectivity index (χ4n) is 2.35. The quantitative estimate of drug-likeness (QED) is 0.767. The Morgan fingerprint density at radius 2 is 1.38 bits per heavy atom. The van der Waals surface area contributed by atoms with Gasteiger partial charge >= 0.3 is 0 Å². The maximum absolute atomic E-state index is 12.4. The summed E-state index contributed by atoms with van der Waals surface area (Å²) in [6.07, 6.45) is 0. The van der Waals surface area contributed by atoms with Gasteiger partial charge in [-0.2, -0.15) is 0 Å². The highest BCUT2D eigenvalue weighted by Crippen LogP contribution is 2.25. The van der Waals surface area contributed by atoms with Crippen LogP contribution >= 0.6 is 35.6 Å². The molecule has 0 saturated carbocycles. The molecule has 0 aliphatic heterocycles. The first-order chi connectivity index (χ1) is 11.0. The first-order valence-electron chi connectivity index (χ1n) is 7.47. The van der Waals surface area contributed by atoms with E-state index in [1.165, 1.54) is 0 Å². The summed E-state index contributed by atoms with van der Waals surface area (Å²) in [5.41, 5.74) is 1.95. The normalized spacial score (nSPS) is 11.7. The van der Waals surface area contributed by atoms with E-state index in [9.17, 15) is 4.79 Å². The number of rotatable bonds is 6. The fourth-order valence-corrected chi connectivity index (χ4v) is 2.60. The number of benzene rings is 2. The number of halogens is 3. The maximum Gasteiger partial charge on any atom is 0.224 e. The number of nitrogens with one attached hydrogen (secondary N) is 2. The summed E-state index contributed by atoms with van der Waals surface area (Å²) in [5.74, 6) is -0.128. The van der Waals surface area contributed by atoms with Gasteiger partial charge in [-0.3, -0.25) is 4.79 Å². The van der Waals surface area contributed by atoms with Gasteiger partial charge in [0.1, 0.15) is 0 Å². The zero-order chi connectivity index (χ0) is 16.8. The molecular weight excluding hydrogens is 367 g/mol. The molecule has 130 valence electrons. The molecule has 0 fully saturated rings. The van der Waals surface area contributed by atoms with Crippen LogP contribution in [0.2, 0.25) is 10.0 Å². The zero-order valence-electron chi connectivity index (χ0n) is 13.6. The molecule has 2 rings (SSSR count). The average Bonchev–Trinajstić information content (AvgIpc) is 2.54. The van der Waals surface area contributed by atoms with E-state index in [0.29, 0.717) is 16.6 Å². The Hall–Kier alpha value is -1.26. The number of hydrogen-bond donors (Lipinski definition) is 2. The van der Waals surface area contributed by atoms with Crippen LogP contribution in [0, 0.1) is 5.92 Å². The summed E-state index contributed by atoms with van der Waals surface area (Å²) in [5, 5.41) is 7.46. The van der Waals surface area contributed by atoms with E-state index in [2.05, 4.69) is 10.6 Å². The molecule has 2 aromatic rings. The number of carbonyl (C=O) groups excluding carboxylic acids is 1. The third-order valence-electron chi connectivity index (χ3n) is 3.65. The van der Waals surface area contributed by atoms with Gasteiger partial charge in [-0.25, -0.2) is 0 Å². The molecule has 6 heteroatoms. The second-order valence-electron chi connectivity index (χ2n) is 5.50. The van der Waals surface area contributed by atoms with Crippen LogP contribution in [0.3, 0.4) is 0 Å². The Morgan fingerprint density at radius 3 is 1.75 bits per heavy atom. The summed E-state index contributed by atoms with van der Waals surface area (Å²) in [6.45, 7) is 2.52. The summed E-state index contributed by atoms with van der Waals surface area (Å²) < 4.78 is 0. The molecule has 0 radical (unpaired) electrons. The van der Waals surface area contributed by atoms with Crippen molar-refractivity contribution in [3.63, 3.8) is 0 Å². The topological polar surface area (TPSA) is 41.1 Å². The monoisotopic (exact) mass is 386 g/mol. The molecule has 3 nitrogen and oxygen atoms in total. The third-order valence-corrected chi connectivity index (χ3v) is 4.16. The minimum Gasteiger partial charge on any atom is -0.345 e. The molecule has 2 aromatic carbocycles. The Balaban J connectivity index is 0.00000288.